The summed E-state index contributed by atoms with van der Waals surface area (Å²) in [5, 5.41) is 0. The Morgan fingerprint density at radius 1 is 0.554 bits per heavy atom. The van der Waals surface area contributed by atoms with Crippen molar-refractivity contribution in [1.29, 1.82) is 0 Å². The highest BCUT2D eigenvalue weighted by molar-refractivity contribution is 5.85. The van der Waals surface area contributed by atoms with Crippen LogP contribution in [0.2, 0.25) is 0 Å². The summed E-state index contributed by atoms with van der Waals surface area (Å²) in [7, 11) is 0. The van der Waals surface area contributed by atoms with Gasteiger partial charge in [0.1, 0.15) is 0 Å². The van der Waals surface area contributed by atoms with Crippen LogP contribution in [0.1, 0.15) is 89.4 Å². The average molecular weight is 733 g/mol. The number of hydrogen-bond acceptors (Lipinski definition) is 2. The highest BCUT2D eigenvalue weighted by Crippen LogP contribution is 2.38. The topological polar surface area (TPSA) is 25.8 Å². The van der Waals surface area contributed by atoms with Crippen molar-refractivity contribution in [3.63, 3.8) is 0 Å². The van der Waals surface area contributed by atoms with E-state index >= 15 is 0 Å². The van der Waals surface area contributed by atoms with Crippen LogP contribution in [0.25, 0.3) is 55.9 Å². The summed E-state index contributed by atoms with van der Waals surface area (Å²) in [6.45, 7) is 8.09. The van der Waals surface area contributed by atoms with Gasteiger partial charge >= 0.3 is 0 Å². The Morgan fingerprint density at radius 3 is 1.86 bits per heavy atom. The van der Waals surface area contributed by atoms with Gasteiger partial charge in [0, 0.05) is 26.3 Å². The molecule has 0 unspecified atom stereocenters. The molecule has 2 heteroatoms. The van der Waals surface area contributed by atoms with Crippen molar-refractivity contribution in [3.05, 3.63) is 180 Å². The molecule has 0 spiro atoms. The third kappa shape index (κ3) is 8.92. The number of aromatic nitrogens is 2. The molecule has 1 saturated carbocycles. The maximum absolute atomic E-state index is 9.25. The van der Waals surface area contributed by atoms with Crippen molar-refractivity contribution >= 4 is 0 Å². The molecule has 1 aliphatic carbocycles. The second-order valence-corrected chi connectivity index (χ2v) is 16.7. The second kappa shape index (κ2) is 16.6. The summed E-state index contributed by atoms with van der Waals surface area (Å²) in [6.07, 6.45) is 10.4. The lowest BCUT2D eigenvalue weighted by Gasteiger charge is -2.23. The van der Waals surface area contributed by atoms with E-state index in [-0.39, 0.29) is 0 Å². The normalized spacial score (nSPS) is 14.3. The molecule has 0 bridgehead atoms. The molecular weight excluding hydrogens is 677 g/mol. The summed E-state index contributed by atoms with van der Waals surface area (Å²) in [5.41, 5.74) is 16.1. The Kier molecular flexibility index (Phi) is 10.4. The lowest BCUT2D eigenvalue weighted by atomic mass is 9.82. The summed E-state index contributed by atoms with van der Waals surface area (Å²) < 4.78 is 18.5. The first-order valence-corrected chi connectivity index (χ1v) is 20.5. The van der Waals surface area contributed by atoms with E-state index in [9.17, 15) is 2.74 Å². The summed E-state index contributed by atoms with van der Waals surface area (Å²) >= 11 is 0. The van der Waals surface area contributed by atoms with Gasteiger partial charge in [0.15, 0.2) is 0 Å². The van der Waals surface area contributed by atoms with Gasteiger partial charge in [-0.05, 0) is 124 Å². The Morgan fingerprint density at radius 2 is 1.16 bits per heavy atom. The summed E-state index contributed by atoms with van der Waals surface area (Å²) in [6, 6.07) is 50.2. The van der Waals surface area contributed by atoms with Crippen molar-refractivity contribution in [2.24, 2.45) is 5.41 Å². The zero-order valence-electron chi connectivity index (χ0n) is 35.4. The molecule has 0 atom stereocenters. The fraction of sp³-hybridized carbons (Fsp3) is 0.259. The van der Waals surface area contributed by atoms with Crippen molar-refractivity contribution in [2.75, 3.05) is 0 Å². The first kappa shape index (κ1) is 34.9. The van der Waals surface area contributed by atoms with E-state index in [0.717, 1.165) is 52.0 Å². The van der Waals surface area contributed by atoms with Gasteiger partial charge in [-0.3, -0.25) is 9.97 Å². The Hall–Kier alpha value is -5.60. The number of nitrogens with zero attached hydrogens (tertiary/aromatic N) is 2. The molecule has 0 amide bonds. The maximum atomic E-state index is 9.25. The summed E-state index contributed by atoms with van der Waals surface area (Å²) in [4.78, 5) is 9.40. The van der Waals surface area contributed by atoms with Crippen LogP contribution in [0.3, 0.4) is 0 Å². The molecule has 0 saturated heterocycles. The first-order valence-electron chi connectivity index (χ1n) is 21.5. The molecule has 0 radical (unpaired) electrons. The molecule has 56 heavy (non-hydrogen) atoms. The van der Waals surface area contributed by atoms with Gasteiger partial charge in [-0.2, -0.15) is 0 Å². The van der Waals surface area contributed by atoms with Crippen LogP contribution in [0.4, 0.5) is 0 Å². The van der Waals surface area contributed by atoms with Crippen LogP contribution in [-0.4, -0.2) is 9.97 Å². The monoisotopic (exact) mass is 732 g/mol. The third-order valence-electron chi connectivity index (χ3n) is 11.2. The largest absolute Gasteiger partial charge is 0.256 e. The van der Waals surface area contributed by atoms with Gasteiger partial charge in [0.05, 0.1) is 11.4 Å². The Bertz CT molecular complexity index is 2470. The van der Waals surface area contributed by atoms with Crippen molar-refractivity contribution in [3.8, 4) is 55.9 Å². The van der Waals surface area contributed by atoms with Crippen LogP contribution in [-0.2, 0) is 19.2 Å². The van der Waals surface area contributed by atoms with E-state index < -0.39 is 11.8 Å². The Labute approximate surface area is 337 Å². The first-order chi connectivity index (χ1) is 28.0. The van der Waals surface area contributed by atoms with Crippen LogP contribution in [0.15, 0.2) is 152 Å². The van der Waals surface area contributed by atoms with Gasteiger partial charge in [-0.25, -0.2) is 0 Å². The third-order valence-corrected chi connectivity index (χ3v) is 11.2. The minimum absolute atomic E-state index is 0.604. The van der Waals surface area contributed by atoms with E-state index in [2.05, 4.69) is 139 Å². The fourth-order valence-corrected chi connectivity index (χ4v) is 8.36. The molecule has 2 heterocycles. The van der Waals surface area contributed by atoms with E-state index in [1.807, 2.05) is 39.1 Å². The highest BCUT2D eigenvalue weighted by Gasteiger charge is 2.19. The van der Waals surface area contributed by atoms with Gasteiger partial charge in [-0.15, -0.1) is 0 Å². The molecular formula is C54H54N2. The predicted molar refractivity (Wildman–Crippen MR) is 237 cm³/mol. The molecule has 1 aliphatic rings. The molecule has 5 aromatic carbocycles. The standard InChI is InChI=1S/C54H54N2/c1-38-32-40(18-17-39-19-21-45(22-20-39)52-16-10-11-31-55-52)34-47(33-38)50-15-9-8-14-49(50)43-27-29-46(30-28-43)53-35-51(48(37-56-53)36-54(2,3)4)44-25-23-42(24-26-44)41-12-6-5-7-13-41/h8-11,14-16,19-35,37,41H,5-7,12-13,17-18,36H2,1-4H3/i36D2. The van der Waals surface area contributed by atoms with Crippen LogP contribution >= 0.6 is 0 Å². The smallest absolute Gasteiger partial charge is 0.0708 e. The fourth-order valence-electron chi connectivity index (χ4n) is 8.36. The number of benzene rings is 5. The van der Waals surface area contributed by atoms with E-state index in [0.29, 0.717) is 11.5 Å². The van der Waals surface area contributed by atoms with E-state index in [1.54, 1.807) is 6.20 Å². The molecule has 1 fully saturated rings. The molecule has 8 rings (SSSR count). The van der Waals surface area contributed by atoms with Crippen LogP contribution in [0.5, 0.6) is 0 Å². The SMILES string of the molecule is [2H]C([2H])(c1cnc(-c2ccc(-c3ccccc3-c3cc(C)cc(CCc4ccc(-c5ccccn5)cc4)c3)cc2)cc1-c1ccc(C2CCCCC2)cc1)C(C)(C)C. The van der Waals surface area contributed by atoms with Gasteiger partial charge in [-0.1, -0.05) is 167 Å². The van der Waals surface area contributed by atoms with Crippen molar-refractivity contribution in [1.82, 2.24) is 9.97 Å². The minimum Gasteiger partial charge on any atom is -0.256 e. The predicted octanol–water partition coefficient (Wildman–Crippen LogP) is 14.5. The van der Waals surface area contributed by atoms with Crippen molar-refractivity contribution in [2.45, 2.75) is 84.9 Å². The van der Waals surface area contributed by atoms with Crippen molar-refractivity contribution < 1.29 is 2.74 Å². The molecule has 280 valence electrons. The molecule has 7 aromatic rings. The van der Waals surface area contributed by atoms with E-state index in [4.69, 9.17) is 4.98 Å². The second-order valence-electron chi connectivity index (χ2n) is 16.7. The van der Waals surface area contributed by atoms with Crippen LogP contribution in [0, 0.1) is 12.3 Å². The lowest BCUT2D eigenvalue weighted by molar-refractivity contribution is 0.411. The molecule has 2 nitrogen and oxygen atoms in total. The zero-order valence-corrected chi connectivity index (χ0v) is 33.4. The highest BCUT2D eigenvalue weighted by atomic mass is 14.7. The molecule has 0 N–H and O–H groups in total. The number of rotatable bonds is 10. The minimum atomic E-state index is -1.58. The zero-order chi connectivity index (χ0) is 40.3. The number of aryl methyl sites for hydroxylation is 3. The number of pyridine rings is 2. The number of hydrogen-bond donors (Lipinski definition) is 0. The van der Waals surface area contributed by atoms with E-state index in [1.165, 1.54) is 71.0 Å². The van der Waals surface area contributed by atoms with Gasteiger partial charge < -0.3 is 0 Å². The van der Waals surface area contributed by atoms with Crippen LogP contribution < -0.4 is 0 Å². The lowest BCUT2D eigenvalue weighted by Crippen LogP contribution is -2.10. The molecule has 2 aromatic heterocycles. The summed E-state index contributed by atoms with van der Waals surface area (Å²) in [5.74, 6) is 0.625. The Balaban J connectivity index is 1.05. The van der Waals surface area contributed by atoms with Gasteiger partial charge in [0.25, 0.3) is 0 Å². The molecule has 0 aliphatic heterocycles. The van der Waals surface area contributed by atoms with Gasteiger partial charge in [0.2, 0.25) is 0 Å². The quantitative estimate of drug-likeness (QED) is 0.140. The maximum Gasteiger partial charge on any atom is 0.0708 e. The average Bonchev–Trinajstić information content (AvgIpc) is 3.26.